The molecule has 0 bridgehead atoms. The third kappa shape index (κ3) is 7.39. The molecule has 1 saturated heterocycles. The van der Waals surface area contributed by atoms with E-state index in [9.17, 15) is 4.79 Å². The average molecular weight is 302 g/mol. The Morgan fingerprint density at radius 1 is 1.40 bits per heavy atom. The fraction of sp³-hybridized carbons (Fsp3) is 0.933. The Kier molecular flexibility index (Phi) is 7.17. The number of hydrogen-bond acceptors (Lipinski definition) is 4. The summed E-state index contributed by atoms with van der Waals surface area (Å²) >= 11 is 2.01. The Morgan fingerprint density at radius 3 is 2.60 bits per heavy atom. The third-order valence-corrected chi connectivity index (χ3v) is 4.51. The minimum absolute atomic E-state index is 0.108. The van der Waals surface area contributed by atoms with Crippen LogP contribution < -0.4 is 10.6 Å². The van der Waals surface area contributed by atoms with Gasteiger partial charge < -0.3 is 15.4 Å². The van der Waals surface area contributed by atoms with Crippen molar-refractivity contribution in [1.29, 1.82) is 0 Å². The largest absolute Gasteiger partial charge is 0.444 e. The SMILES string of the molecule is CC(C)C(CNC1CCCSC1)NC(=O)OC(C)(C)C. The van der Waals surface area contributed by atoms with Gasteiger partial charge >= 0.3 is 6.09 Å². The molecule has 0 spiro atoms. The molecular formula is C15H30N2O2S. The first-order valence-electron chi connectivity index (χ1n) is 7.58. The van der Waals surface area contributed by atoms with Gasteiger partial charge in [0.25, 0.3) is 0 Å². The molecule has 1 rings (SSSR count). The summed E-state index contributed by atoms with van der Waals surface area (Å²) in [5, 5.41) is 6.56. The summed E-state index contributed by atoms with van der Waals surface area (Å²) in [7, 11) is 0. The second-order valence-corrected chi connectivity index (χ2v) is 7.97. The van der Waals surface area contributed by atoms with Gasteiger partial charge in [0.05, 0.1) is 0 Å². The van der Waals surface area contributed by atoms with Crippen molar-refractivity contribution in [1.82, 2.24) is 10.6 Å². The minimum Gasteiger partial charge on any atom is -0.444 e. The molecule has 0 aromatic heterocycles. The van der Waals surface area contributed by atoms with E-state index in [0.29, 0.717) is 12.0 Å². The van der Waals surface area contributed by atoms with E-state index in [1.165, 1.54) is 24.3 Å². The second-order valence-electron chi connectivity index (χ2n) is 6.82. The van der Waals surface area contributed by atoms with Crippen molar-refractivity contribution in [3.05, 3.63) is 0 Å². The van der Waals surface area contributed by atoms with Crippen molar-refractivity contribution in [3.63, 3.8) is 0 Å². The van der Waals surface area contributed by atoms with Crippen molar-refractivity contribution in [3.8, 4) is 0 Å². The van der Waals surface area contributed by atoms with Crippen LogP contribution in [0.15, 0.2) is 0 Å². The highest BCUT2D eigenvalue weighted by Crippen LogP contribution is 2.17. The number of rotatable bonds is 5. The van der Waals surface area contributed by atoms with E-state index in [0.717, 1.165) is 6.54 Å². The summed E-state index contributed by atoms with van der Waals surface area (Å²) < 4.78 is 5.33. The van der Waals surface area contributed by atoms with Gasteiger partial charge in [-0.05, 0) is 45.3 Å². The molecule has 5 heteroatoms. The van der Waals surface area contributed by atoms with Crippen LogP contribution in [0.25, 0.3) is 0 Å². The highest BCUT2D eigenvalue weighted by molar-refractivity contribution is 7.99. The molecule has 1 amide bonds. The third-order valence-electron chi connectivity index (χ3n) is 3.29. The van der Waals surface area contributed by atoms with Crippen LogP contribution >= 0.6 is 11.8 Å². The van der Waals surface area contributed by atoms with Crippen LogP contribution in [-0.4, -0.2) is 41.8 Å². The van der Waals surface area contributed by atoms with E-state index >= 15 is 0 Å². The fourth-order valence-corrected chi connectivity index (χ4v) is 3.21. The van der Waals surface area contributed by atoms with Crippen molar-refractivity contribution in [2.45, 2.75) is 65.1 Å². The van der Waals surface area contributed by atoms with E-state index in [4.69, 9.17) is 4.74 Å². The van der Waals surface area contributed by atoms with E-state index in [2.05, 4.69) is 24.5 Å². The van der Waals surface area contributed by atoms with Gasteiger partial charge in [-0.2, -0.15) is 11.8 Å². The standard InChI is InChI=1S/C15H30N2O2S/c1-11(2)13(17-14(18)19-15(3,4)5)9-16-12-7-6-8-20-10-12/h11-13,16H,6-10H2,1-5H3,(H,17,18). The van der Waals surface area contributed by atoms with Crippen LogP contribution in [0.4, 0.5) is 4.79 Å². The lowest BCUT2D eigenvalue weighted by Crippen LogP contribution is -2.49. The zero-order valence-electron chi connectivity index (χ0n) is 13.5. The molecule has 118 valence electrons. The number of carbonyl (C=O) groups is 1. The van der Waals surface area contributed by atoms with Crippen molar-refractivity contribution >= 4 is 17.9 Å². The molecule has 2 unspecified atom stereocenters. The Bertz CT molecular complexity index is 297. The summed E-state index contributed by atoms with van der Waals surface area (Å²) in [6.07, 6.45) is 2.20. The van der Waals surface area contributed by atoms with Crippen LogP contribution in [0, 0.1) is 5.92 Å². The molecule has 1 aliphatic rings. The lowest BCUT2D eigenvalue weighted by atomic mass is 10.0. The Hall–Kier alpha value is -0.420. The zero-order chi connectivity index (χ0) is 15.2. The van der Waals surface area contributed by atoms with E-state index in [-0.39, 0.29) is 12.1 Å². The smallest absolute Gasteiger partial charge is 0.407 e. The van der Waals surface area contributed by atoms with Gasteiger partial charge in [0, 0.05) is 24.4 Å². The molecule has 0 aromatic carbocycles. The fourth-order valence-electron chi connectivity index (χ4n) is 2.11. The highest BCUT2D eigenvalue weighted by Gasteiger charge is 2.22. The number of carbonyl (C=O) groups excluding carboxylic acids is 1. The Labute approximate surface area is 127 Å². The topological polar surface area (TPSA) is 50.4 Å². The lowest BCUT2D eigenvalue weighted by molar-refractivity contribution is 0.0489. The molecule has 2 atom stereocenters. The number of ether oxygens (including phenoxy) is 1. The highest BCUT2D eigenvalue weighted by atomic mass is 32.2. The molecule has 1 heterocycles. The first-order valence-corrected chi connectivity index (χ1v) is 8.74. The average Bonchev–Trinajstić information content (AvgIpc) is 2.33. The van der Waals surface area contributed by atoms with Crippen molar-refractivity contribution in [2.75, 3.05) is 18.1 Å². The van der Waals surface area contributed by atoms with Gasteiger partial charge in [-0.1, -0.05) is 13.8 Å². The quantitative estimate of drug-likeness (QED) is 0.819. The predicted octanol–water partition coefficient (Wildman–Crippen LogP) is 3.02. The molecular weight excluding hydrogens is 272 g/mol. The summed E-state index contributed by atoms with van der Waals surface area (Å²) in [5.74, 6) is 2.84. The lowest BCUT2D eigenvalue weighted by Gasteiger charge is -2.29. The summed E-state index contributed by atoms with van der Waals surface area (Å²) in [6.45, 7) is 10.7. The van der Waals surface area contributed by atoms with Crippen molar-refractivity contribution in [2.24, 2.45) is 5.92 Å². The van der Waals surface area contributed by atoms with E-state index in [1.807, 2.05) is 32.5 Å². The molecule has 1 aliphatic heterocycles. The molecule has 4 nitrogen and oxygen atoms in total. The number of nitrogens with one attached hydrogen (secondary N) is 2. The zero-order valence-corrected chi connectivity index (χ0v) is 14.3. The maximum absolute atomic E-state index is 11.9. The normalized spacial score (nSPS) is 21.6. The van der Waals surface area contributed by atoms with Crippen molar-refractivity contribution < 1.29 is 9.53 Å². The van der Waals surface area contributed by atoms with Crippen LogP contribution in [-0.2, 0) is 4.74 Å². The van der Waals surface area contributed by atoms with E-state index in [1.54, 1.807) is 0 Å². The first kappa shape index (κ1) is 17.6. The number of hydrogen-bond donors (Lipinski definition) is 2. The van der Waals surface area contributed by atoms with Crippen LogP contribution in [0.3, 0.4) is 0 Å². The molecule has 20 heavy (non-hydrogen) atoms. The molecule has 0 aliphatic carbocycles. The summed E-state index contributed by atoms with van der Waals surface area (Å²) in [6, 6.07) is 0.687. The van der Waals surface area contributed by atoms with Crippen LogP contribution in [0.5, 0.6) is 0 Å². The van der Waals surface area contributed by atoms with Gasteiger partial charge in [0.15, 0.2) is 0 Å². The minimum atomic E-state index is -0.445. The number of thioether (sulfide) groups is 1. The molecule has 0 radical (unpaired) electrons. The van der Waals surface area contributed by atoms with Crippen LogP contribution in [0.1, 0.15) is 47.5 Å². The summed E-state index contributed by atoms with van der Waals surface area (Å²) in [5.41, 5.74) is -0.445. The van der Waals surface area contributed by atoms with Gasteiger partial charge in [0.2, 0.25) is 0 Å². The maximum atomic E-state index is 11.9. The number of alkyl carbamates (subject to hydrolysis) is 1. The Morgan fingerprint density at radius 2 is 2.10 bits per heavy atom. The Balaban J connectivity index is 2.37. The molecule has 2 N–H and O–H groups in total. The van der Waals surface area contributed by atoms with Crippen LogP contribution in [0.2, 0.25) is 0 Å². The van der Waals surface area contributed by atoms with Gasteiger partial charge in [0.1, 0.15) is 5.60 Å². The van der Waals surface area contributed by atoms with Gasteiger partial charge in [-0.25, -0.2) is 4.79 Å². The second kappa shape index (κ2) is 8.13. The molecule has 0 saturated carbocycles. The first-order chi connectivity index (χ1) is 9.28. The predicted molar refractivity (Wildman–Crippen MR) is 86.3 cm³/mol. The molecule has 0 aromatic rings. The summed E-state index contributed by atoms with van der Waals surface area (Å²) in [4.78, 5) is 11.9. The monoisotopic (exact) mass is 302 g/mol. The van der Waals surface area contributed by atoms with Gasteiger partial charge in [-0.15, -0.1) is 0 Å². The molecule has 1 fully saturated rings. The van der Waals surface area contributed by atoms with E-state index < -0.39 is 5.60 Å². The number of amides is 1. The van der Waals surface area contributed by atoms with Gasteiger partial charge in [-0.3, -0.25) is 0 Å². The maximum Gasteiger partial charge on any atom is 0.407 e.